The average Bonchev–Trinajstić information content (AvgIpc) is 2.10. The highest BCUT2D eigenvalue weighted by Crippen LogP contribution is 2.32. The lowest BCUT2D eigenvalue weighted by Crippen LogP contribution is -2.23. The number of aliphatic carboxylic acids is 1. The maximum atomic E-state index is 10.6. The molecule has 15 heavy (non-hydrogen) atoms. The first-order valence-electron chi connectivity index (χ1n) is 4.27. The third kappa shape index (κ3) is 3.11. The van der Waals surface area contributed by atoms with Crippen LogP contribution in [-0.4, -0.2) is 17.2 Å². The lowest BCUT2D eigenvalue weighted by atomic mass is 10.2. The molecule has 0 fully saturated rings. The van der Waals surface area contributed by atoms with Gasteiger partial charge < -0.3 is 9.84 Å². The second-order valence-electron chi connectivity index (χ2n) is 3.13. The molecule has 0 heterocycles. The first kappa shape index (κ1) is 12.3. The molecule has 1 aromatic carbocycles. The van der Waals surface area contributed by atoms with Crippen LogP contribution in [0, 0.1) is 6.92 Å². The Hall–Kier alpha value is -0.740. The van der Waals surface area contributed by atoms with Crippen LogP contribution in [0.4, 0.5) is 0 Å². The summed E-state index contributed by atoms with van der Waals surface area (Å²) >= 11 is 9.22. The van der Waals surface area contributed by atoms with Crippen molar-refractivity contribution in [2.75, 3.05) is 0 Å². The topological polar surface area (TPSA) is 46.5 Å². The van der Waals surface area contributed by atoms with E-state index < -0.39 is 12.1 Å². The molecule has 0 spiro atoms. The molecule has 0 saturated heterocycles. The molecule has 1 N–H and O–H groups in total. The maximum absolute atomic E-state index is 10.6. The van der Waals surface area contributed by atoms with Crippen LogP contribution in [0.1, 0.15) is 12.5 Å². The van der Waals surface area contributed by atoms with Crippen molar-refractivity contribution in [3.05, 3.63) is 27.2 Å². The first-order chi connectivity index (χ1) is 6.91. The van der Waals surface area contributed by atoms with Crippen LogP contribution < -0.4 is 4.74 Å². The Kier molecular flexibility index (Phi) is 3.99. The van der Waals surface area contributed by atoms with Crippen LogP contribution in [0.15, 0.2) is 16.6 Å². The van der Waals surface area contributed by atoms with Gasteiger partial charge in [0.25, 0.3) is 0 Å². The molecule has 0 bridgehead atoms. The van der Waals surface area contributed by atoms with Gasteiger partial charge in [0.05, 0.1) is 5.02 Å². The molecule has 1 aromatic rings. The lowest BCUT2D eigenvalue weighted by molar-refractivity contribution is -0.144. The van der Waals surface area contributed by atoms with Gasteiger partial charge in [-0.15, -0.1) is 0 Å². The van der Waals surface area contributed by atoms with Crippen LogP contribution in [-0.2, 0) is 4.79 Å². The van der Waals surface area contributed by atoms with E-state index >= 15 is 0 Å². The van der Waals surface area contributed by atoms with Crippen molar-refractivity contribution in [2.24, 2.45) is 0 Å². The lowest BCUT2D eigenvalue weighted by Gasteiger charge is -2.14. The second-order valence-corrected chi connectivity index (χ2v) is 4.45. The fourth-order valence-corrected chi connectivity index (χ4v) is 2.08. The Balaban J connectivity index is 3.00. The zero-order chi connectivity index (χ0) is 11.6. The summed E-state index contributed by atoms with van der Waals surface area (Å²) in [6.45, 7) is 3.26. The quantitative estimate of drug-likeness (QED) is 0.930. The van der Waals surface area contributed by atoms with Crippen LogP contribution >= 0.6 is 27.5 Å². The van der Waals surface area contributed by atoms with Gasteiger partial charge in [0.1, 0.15) is 5.75 Å². The highest BCUT2D eigenvalue weighted by atomic mass is 79.9. The molecule has 3 nitrogen and oxygen atoms in total. The molecule has 0 radical (unpaired) electrons. The van der Waals surface area contributed by atoms with Gasteiger partial charge in [0.15, 0.2) is 6.10 Å². The third-order valence-corrected chi connectivity index (χ3v) is 2.58. The second kappa shape index (κ2) is 4.86. The molecule has 82 valence electrons. The summed E-state index contributed by atoms with van der Waals surface area (Å²) in [5.41, 5.74) is 0.794. The molecular weight excluding hydrogens is 283 g/mol. The standard InChI is InChI=1S/C10H10BrClO3/c1-5-3-7(11)4-8(12)9(5)15-6(2)10(13)14/h3-4,6H,1-2H3,(H,13,14)/t6-/m1/s1. The number of carboxylic acid groups (broad SMARTS) is 1. The van der Waals surface area contributed by atoms with Crippen molar-refractivity contribution in [1.29, 1.82) is 0 Å². The summed E-state index contributed by atoms with van der Waals surface area (Å²) in [5.74, 6) is -0.608. The van der Waals surface area contributed by atoms with Gasteiger partial charge in [-0.2, -0.15) is 0 Å². The Bertz CT molecular complexity index is 369. The Morgan fingerprint density at radius 2 is 2.20 bits per heavy atom. The van der Waals surface area contributed by atoms with E-state index in [0.29, 0.717) is 10.8 Å². The van der Waals surface area contributed by atoms with E-state index in [9.17, 15) is 4.79 Å². The van der Waals surface area contributed by atoms with Gasteiger partial charge >= 0.3 is 5.97 Å². The van der Waals surface area contributed by atoms with Crippen molar-refractivity contribution in [2.45, 2.75) is 20.0 Å². The molecule has 1 rings (SSSR count). The van der Waals surface area contributed by atoms with Gasteiger partial charge in [-0.25, -0.2) is 4.79 Å². The normalized spacial score (nSPS) is 12.3. The van der Waals surface area contributed by atoms with Crippen molar-refractivity contribution in [3.63, 3.8) is 0 Å². The SMILES string of the molecule is Cc1cc(Br)cc(Cl)c1O[C@H](C)C(=O)O. The number of carboxylic acids is 1. The summed E-state index contributed by atoms with van der Waals surface area (Å²) in [7, 11) is 0. The summed E-state index contributed by atoms with van der Waals surface area (Å²) in [5, 5.41) is 9.10. The molecule has 0 aliphatic carbocycles. The number of carbonyl (C=O) groups is 1. The highest BCUT2D eigenvalue weighted by molar-refractivity contribution is 9.10. The molecule has 5 heteroatoms. The monoisotopic (exact) mass is 292 g/mol. The van der Waals surface area contributed by atoms with E-state index in [0.717, 1.165) is 10.0 Å². The molecule has 0 aromatic heterocycles. The summed E-state index contributed by atoms with van der Waals surface area (Å²) in [6, 6.07) is 3.48. The Morgan fingerprint density at radius 1 is 1.60 bits per heavy atom. The predicted octanol–water partition coefficient (Wildman–Crippen LogP) is 3.26. The summed E-state index contributed by atoms with van der Waals surface area (Å²) in [6.07, 6.45) is -0.914. The van der Waals surface area contributed by atoms with E-state index in [1.807, 2.05) is 6.07 Å². The van der Waals surface area contributed by atoms with E-state index in [1.54, 1.807) is 13.0 Å². The highest BCUT2D eigenvalue weighted by Gasteiger charge is 2.16. The average molecular weight is 294 g/mol. The van der Waals surface area contributed by atoms with Crippen molar-refractivity contribution < 1.29 is 14.6 Å². The van der Waals surface area contributed by atoms with Crippen molar-refractivity contribution >= 4 is 33.5 Å². The van der Waals surface area contributed by atoms with E-state index in [1.165, 1.54) is 6.92 Å². The van der Waals surface area contributed by atoms with E-state index in [-0.39, 0.29) is 0 Å². The molecule has 0 unspecified atom stereocenters. The largest absolute Gasteiger partial charge is 0.479 e. The predicted molar refractivity (Wildman–Crippen MR) is 61.6 cm³/mol. The number of benzene rings is 1. The number of halogens is 2. The van der Waals surface area contributed by atoms with E-state index in [4.69, 9.17) is 21.4 Å². The molecule has 0 saturated carbocycles. The molecule has 0 aliphatic rings. The van der Waals surface area contributed by atoms with Crippen molar-refractivity contribution in [3.8, 4) is 5.75 Å². The van der Waals surface area contributed by atoms with Crippen LogP contribution in [0.5, 0.6) is 5.75 Å². The van der Waals surface area contributed by atoms with Gasteiger partial charge in [0.2, 0.25) is 0 Å². The van der Waals surface area contributed by atoms with Crippen LogP contribution in [0.25, 0.3) is 0 Å². The van der Waals surface area contributed by atoms with Crippen LogP contribution in [0.2, 0.25) is 5.02 Å². The fraction of sp³-hybridized carbons (Fsp3) is 0.300. The Morgan fingerprint density at radius 3 is 2.67 bits per heavy atom. The Labute approximate surface area is 101 Å². The number of ether oxygens (including phenoxy) is 1. The first-order valence-corrected chi connectivity index (χ1v) is 5.44. The molecular formula is C10H10BrClO3. The smallest absolute Gasteiger partial charge is 0.344 e. The van der Waals surface area contributed by atoms with Gasteiger partial charge in [-0.05, 0) is 31.5 Å². The zero-order valence-corrected chi connectivity index (χ0v) is 10.6. The number of hydrogen-bond donors (Lipinski definition) is 1. The van der Waals surface area contributed by atoms with Crippen molar-refractivity contribution in [1.82, 2.24) is 0 Å². The maximum Gasteiger partial charge on any atom is 0.344 e. The fourth-order valence-electron chi connectivity index (χ4n) is 1.07. The van der Waals surface area contributed by atoms with Gasteiger partial charge in [-0.1, -0.05) is 27.5 Å². The number of rotatable bonds is 3. The summed E-state index contributed by atoms with van der Waals surface area (Å²) < 4.78 is 6.07. The number of hydrogen-bond acceptors (Lipinski definition) is 2. The van der Waals surface area contributed by atoms with Gasteiger partial charge in [0, 0.05) is 4.47 Å². The minimum Gasteiger partial charge on any atom is -0.479 e. The summed E-state index contributed by atoms with van der Waals surface area (Å²) in [4.78, 5) is 10.6. The van der Waals surface area contributed by atoms with Crippen LogP contribution in [0.3, 0.4) is 0 Å². The third-order valence-electron chi connectivity index (χ3n) is 1.84. The minimum atomic E-state index is -1.02. The zero-order valence-electron chi connectivity index (χ0n) is 8.25. The number of aryl methyl sites for hydroxylation is 1. The molecule has 0 amide bonds. The van der Waals surface area contributed by atoms with E-state index in [2.05, 4.69) is 15.9 Å². The molecule has 0 aliphatic heterocycles. The minimum absolute atomic E-state index is 0.398. The molecule has 1 atom stereocenters. The van der Waals surface area contributed by atoms with Gasteiger partial charge in [-0.3, -0.25) is 0 Å².